The molecule has 3 aromatic rings. The predicted molar refractivity (Wildman–Crippen MR) is 142 cm³/mol. The normalized spacial score (nSPS) is 18.6. The topological polar surface area (TPSA) is 71.9 Å². The summed E-state index contributed by atoms with van der Waals surface area (Å²) in [4.78, 5) is 18.1. The Labute approximate surface area is 217 Å². The molecule has 0 radical (unpaired) electrons. The van der Waals surface area contributed by atoms with Gasteiger partial charge in [0.05, 0.1) is 26.3 Å². The van der Waals surface area contributed by atoms with Crippen molar-refractivity contribution in [3.05, 3.63) is 65.9 Å². The molecule has 1 fully saturated rings. The summed E-state index contributed by atoms with van der Waals surface area (Å²) in [6.07, 6.45) is 2.36. The summed E-state index contributed by atoms with van der Waals surface area (Å²) in [5.74, 6) is 7.10. The Hall–Kier alpha value is -3.63. The summed E-state index contributed by atoms with van der Waals surface area (Å²) in [6, 6.07) is 14.8. The number of halogens is 1. The molecule has 0 amide bonds. The third-order valence-corrected chi connectivity index (χ3v) is 7.13. The van der Waals surface area contributed by atoms with Crippen LogP contribution in [0.4, 0.5) is 4.39 Å². The first-order valence-electron chi connectivity index (χ1n) is 12.6. The second-order valence-electron chi connectivity index (χ2n) is 9.50. The Balaban J connectivity index is 1.38. The third kappa shape index (κ3) is 6.99. The van der Waals surface area contributed by atoms with Crippen LogP contribution >= 0.6 is 0 Å². The van der Waals surface area contributed by atoms with E-state index < -0.39 is 12.1 Å². The number of hydrogen-bond donors (Lipinski definition) is 1. The van der Waals surface area contributed by atoms with Crippen LogP contribution in [0.1, 0.15) is 43.0 Å². The van der Waals surface area contributed by atoms with E-state index in [1.54, 1.807) is 26.5 Å². The van der Waals surface area contributed by atoms with Gasteiger partial charge >= 0.3 is 5.97 Å². The summed E-state index contributed by atoms with van der Waals surface area (Å²) in [6.45, 7) is 2.03. The number of rotatable bonds is 9. The first-order chi connectivity index (χ1) is 18.0. The molecule has 2 aromatic carbocycles. The van der Waals surface area contributed by atoms with Gasteiger partial charge in [0.25, 0.3) is 0 Å². The van der Waals surface area contributed by atoms with E-state index in [4.69, 9.17) is 9.47 Å². The van der Waals surface area contributed by atoms with Gasteiger partial charge in [0, 0.05) is 30.1 Å². The van der Waals surface area contributed by atoms with Gasteiger partial charge < -0.3 is 14.6 Å². The van der Waals surface area contributed by atoms with Gasteiger partial charge in [-0.1, -0.05) is 17.9 Å². The molecule has 1 aliphatic rings. The fourth-order valence-corrected chi connectivity index (χ4v) is 5.15. The van der Waals surface area contributed by atoms with Gasteiger partial charge in [-0.25, -0.2) is 4.39 Å². The number of carboxylic acid groups (broad SMARTS) is 1. The summed E-state index contributed by atoms with van der Waals surface area (Å²) >= 11 is 0. The molecule has 0 spiro atoms. The van der Waals surface area contributed by atoms with Gasteiger partial charge in [0.15, 0.2) is 0 Å². The molecule has 194 valence electrons. The van der Waals surface area contributed by atoms with E-state index in [-0.39, 0.29) is 18.3 Å². The van der Waals surface area contributed by atoms with Crippen LogP contribution in [0.2, 0.25) is 0 Å². The Morgan fingerprint density at radius 3 is 2.76 bits per heavy atom. The molecule has 37 heavy (non-hydrogen) atoms. The van der Waals surface area contributed by atoms with Gasteiger partial charge in [-0.3, -0.25) is 14.7 Å². The Bertz CT molecular complexity index is 1290. The van der Waals surface area contributed by atoms with Crippen LogP contribution in [-0.2, 0) is 4.79 Å². The molecular weight excluding hydrogens is 471 g/mol. The minimum Gasteiger partial charge on any atom is -0.497 e. The van der Waals surface area contributed by atoms with Crippen molar-refractivity contribution >= 4 is 16.9 Å². The maximum Gasteiger partial charge on any atom is 0.303 e. The SMILES string of the molecule is COc1cccc(C#CCN2CC[C@@H](CC[C@@H](F)c3ccnc4ccc(OC)cc34)[C@@H](CC(=O)O)C2)c1. The van der Waals surface area contributed by atoms with Gasteiger partial charge in [0.2, 0.25) is 0 Å². The number of nitrogens with zero attached hydrogens (tertiary/aromatic N) is 2. The number of hydrogen-bond acceptors (Lipinski definition) is 5. The highest BCUT2D eigenvalue weighted by Gasteiger charge is 2.31. The van der Waals surface area contributed by atoms with Crippen molar-refractivity contribution in [3.63, 3.8) is 0 Å². The number of methoxy groups -OCH3 is 2. The first kappa shape index (κ1) is 26.4. The molecule has 0 saturated carbocycles. The Morgan fingerprint density at radius 2 is 1.97 bits per heavy atom. The highest BCUT2D eigenvalue weighted by atomic mass is 19.1. The number of aromatic nitrogens is 1. The molecule has 0 aliphatic carbocycles. The van der Waals surface area contributed by atoms with Crippen molar-refractivity contribution in [2.45, 2.75) is 31.9 Å². The van der Waals surface area contributed by atoms with Crippen LogP contribution in [0.5, 0.6) is 11.5 Å². The zero-order valence-electron chi connectivity index (χ0n) is 21.3. The number of carbonyl (C=O) groups is 1. The van der Waals surface area contributed by atoms with Gasteiger partial charge in [0.1, 0.15) is 17.7 Å². The molecule has 2 heterocycles. The Kier molecular flexibility index (Phi) is 8.97. The number of piperidine rings is 1. The van der Waals surface area contributed by atoms with E-state index in [1.165, 1.54) is 0 Å². The number of fused-ring (bicyclic) bond motifs is 1. The van der Waals surface area contributed by atoms with E-state index in [0.717, 1.165) is 35.2 Å². The largest absolute Gasteiger partial charge is 0.497 e. The fourth-order valence-electron chi connectivity index (χ4n) is 5.15. The number of alkyl halides is 1. The lowest BCUT2D eigenvalue weighted by molar-refractivity contribution is -0.139. The highest BCUT2D eigenvalue weighted by molar-refractivity contribution is 5.83. The number of ether oxygens (including phenoxy) is 2. The molecule has 6 nitrogen and oxygen atoms in total. The maximum atomic E-state index is 15.5. The van der Waals surface area contributed by atoms with E-state index in [0.29, 0.717) is 37.2 Å². The molecule has 7 heteroatoms. The van der Waals surface area contributed by atoms with Gasteiger partial charge in [-0.2, -0.15) is 0 Å². The predicted octanol–water partition coefficient (Wildman–Crippen LogP) is 5.51. The maximum absolute atomic E-state index is 15.5. The van der Waals surface area contributed by atoms with Crippen LogP contribution < -0.4 is 9.47 Å². The highest BCUT2D eigenvalue weighted by Crippen LogP contribution is 2.36. The van der Waals surface area contributed by atoms with Crippen LogP contribution in [0, 0.1) is 23.7 Å². The Morgan fingerprint density at radius 1 is 1.16 bits per heavy atom. The van der Waals surface area contributed by atoms with Crippen molar-refractivity contribution in [3.8, 4) is 23.3 Å². The second kappa shape index (κ2) is 12.6. The molecular formula is C30H33FN2O4. The lowest BCUT2D eigenvalue weighted by Gasteiger charge is -2.37. The summed E-state index contributed by atoms with van der Waals surface area (Å²) in [5.41, 5.74) is 2.21. The van der Waals surface area contributed by atoms with Crippen LogP contribution in [-0.4, -0.2) is 54.8 Å². The number of likely N-dealkylation sites (tertiary alicyclic amines) is 1. The summed E-state index contributed by atoms with van der Waals surface area (Å²) in [5, 5.41) is 10.3. The summed E-state index contributed by atoms with van der Waals surface area (Å²) in [7, 11) is 3.21. The van der Waals surface area contributed by atoms with E-state index >= 15 is 4.39 Å². The van der Waals surface area contributed by atoms with Crippen molar-refractivity contribution in [2.24, 2.45) is 11.8 Å². The molecule has 0 unspecified atom stereocenters. The summed E-state index contributed by atoms with van der Waals surface area (Å²) < 4.78 is 26.0. The average Bonchev–Trinajstić information content (AvgIpc) is 2.91. The van der Waals surface area contributed by atoms with Crippen LogP contribution in [0.25, 0.3) is 10.9 Å². The average molecular weight is 505 g/mol. The number of pyridine rings is 1. The van der Waals surface area contributed by atoms with Crippen LogP contribution in [0.15, 0.2) is 54.7 Å². The van der Waals surface area contributed by atoms with Crippen molar-refractivity contribution < 1.29 is 23.8 Å². The fraction of sp³-hybridized carbons (Fsp3) is 0.400. The zero-order valence-corrected chi connectivity index (χ0v) is 21.3. The molecule has 1 aliphatic heterocycles. The van der Waals surface area contributed by atoms with Crippen molar-refractivity contribution in [1.82, 2.24) is 9.88 Å². The van der Waals surface area contributed by atoms with Gasteiger partial charge in [-0.15, -0.1) is 0 Å². The van der Waals surface area contributed by atoms with E-state index in [1.807, 2.05) is 42.5 Å². The molecule has 4 rings (SSSR count). The minimum absolute atomic E-state index is 0.0358. The third-order valence-electron chi connectivity index (χ3n) is 7.13. The van der Waals surface area contributed by atoms with Gasteiger partial charge in [-0.05, 0) is 85.7 Å². The monoisotopic (exact) mass is 504 g/mol. The smallest absolute Gasteiger partial charge is 0.303 e. The molecule has 1 aromatic heterocycles. The van der Waals surface area contributed by atoms with Crippen molar-refractivity contribution in [2.75, 3.05) is 33.9 Å². The quantitative estimate of drug-likeness (QED) is 0.388. The first-order valence-corrected chi connectivity index (χ1v) is 12.6. The molecule has 3 atom stereocenters. The minimum atomic E-state index is -1.16. The second-order valence-corrected chi connectivity index (χ2v) is 9.50. The lowest BCUT2D eigenvalue weighted by atomic mass is 9.79. The number of aliphatic carboxylic acids is 1. The lowest BCUT2D eigenvalue weighted by Crippen LogP contribution is -2.41. The standard InChI is InChI=1S/C30H33FN2O4/c1-36-24-7-3-5-21(17-24)6-4-15-33-16-13-22(23(20-33)18-30(34)35)8-10-28(31)26-12-14-32-29-11-9-25(37-2)19-27(26)29/h3,5,7,9,11-12,14,17,19,22-23,28H,8,10,13,15-16,18,20H2,1-2H3,(H,34,35)/t22-,23+,28-/m1/s1. The zero-order chi connectivity index (χ0) is 26.2. The van der Waals surface area contributed by atoms with Crippen LogP contribution in [0.3, 0.4) is 0 Å². The van der Waals surface area contributed by atoms with E-state index in [2.05, 4.69) is 21.7 Å². The number of carboxylic acids is 1. The van der Waals surface area contributed by atoms with Crippen molar-refractivity contribution in [1.29, 1.82) is 0 Å². The van der Waals surface area contributed by atoms with E-state index in [9.17, 15) is 9.90 Å². The molecule has 0 bridgehead atoms. The molecule has 1 N–H and O–H groups in total. The molecule has 1 saturated heterocycles. The number of benzene rings is 2.